The second-order valence-corrected chi connectivity index (χ2v) is 6.79. The molecule has 124 valence electrons. The van der Waals surface area contributed by atoms with Gasteiger partial charge in [-0.3, -0.25) is 0 Å². The topological polar surface area (TPSA) is 55.4 Å². The van der Waals surface area contributed by atoms with Crippen molar-refractivity contribution in [3.8, 4) is 5.75 Å². The molecule has 1 unspecified atom stereocenters. The van der Waals surface area contributed by atoms with E-state index in [0.717, 1.165) is 0 Å². The summed E-state index contributed by atoms with van der Waals surface area (Å²) in [5.41, 5.74) is 1.34. The Morgan fingerprint density at radius 1 is 1.04 bits per heavy atom. The Bertz CT molecular complexity index is 719. The van der Waals surface area contributed by atoms with E-state index in [2.05, 4.69) is 9.46 Å². The molecule has 23 heavy (non-hydrogen) atoms. The smallest absolute Gasteiger partial charge is 0.387 e. The van der Waals surface area contributed by atoms with Gasteiger partial charge in [0.1, 0.15) is 5.75 Å². The molecule has 4 nitrogen and oxygen atoms in total. The summed E-state index contributed by atoms with van der Waals surface area (Å²) in [5, 5.41) is 0. The van der Waals surface area contributed by atoms with Crippen molar-refractivity contribution in [3.63, 3.8) is 0 Å². The Hall–Kier alpha value is -1.99. The molecule has 2 aromatic carbocycles. The maximum absolute atomic E-state index is 12.2. The summed E-state index contributed by atoms with van der Waals surface area (Å²) in [6.45, 7) is -1.20. The fraction of sp³-hybridized carbons (Fsp3) is 0.250. The number of halogens is 2. The molecule has 0 spiro atoms. The average molecular weight is 341 g/mol. The number of hydrogen-bond acceptors (Lipinski definition) is 3. The van der Waals surface area contributed by atoms with Crippen molar-refractivity contribution in [1.82, 2.24) is 4.72 Å². The summed E-state index contributed by atoms with van der Waals surface area (Å²) in [6.07, 6.45) is 0. The highest BCUT2D eigenvalue weighted by Gasteiger charge is 2.16. The summed E-state index contributed by atoms with van der Waals surface area (Å²) in [7, 11) is -3.51. The standard InChI is InChI=1S/C16H17F2NO3S/c1-12(14-7-9-15(10-8-14)22-16(17)18)19-23(20,21)11-13-5-3-2-4-6-13/h2-10,12,16,19H,11H2,1H3. The molecule has 0 bridgehead atoms. The first-order chi connectivity index (χ1) is 10.9. The van der Waals surface area contributed by atoms with E-state index in [4.69, 9.17) is 0 Å². The Morgan fingerprint density at radius 3 is 2.22 bits per heavy atom. The molecule has 1 N–H and O–H groups in total. The molecule has 0 aliphatic heterocycles. The van der Waals surface area contributed by atoms with Crippen LogP contribution < -0.4 is 9.46 Å². The fourth-order valence-electron chi connectivity index (χ4n) is 2.11. The lowest BCUT2D eigenvalue weighted by atomic mass is 10.1. The van der Waals surface area contributed by atoms with Crippen molar-refractivity contribution in [2.75, 3.05) is 0 Å². The molecule has 0 saturated carbocycles. The van der Waals surface area contributed by atoms with Crippen molar-refractivity contribution in [2.24, 2.45) is 0 Å². The number of hydrogen-bond donors (Lipinski definition) is 1. The summed E-state index contributed by atoms with van der Waals surface area (Å²) in [4.78, 5) is 0. The number of rotatable bonds is 7. The zero-order chi connectivity index (χ0) is 16.9. The first-order valence-corrected chi connectivity index (χ1v) is 8.59. The van der Waals surface area contributed by atoms with Gasteiger partial charge in [-0.25, -0.2) is 13.1 Å². The van der Waals surface area contributed by atoms with Gasteiger partial charge in [0.15, 0.2) is 0 Å². The van der Waals surface area contributed by atoms with Gasteiger partial charge in [0, 0.05) is 6.04 Å². The van der Waals surface area contributed by atoms with Crippen LogP contribution >= 0.6 is 0 Å². The Balaban J connectivity index is 2.01. The lowest BCUT2D eigenvalue weighted by Gasteiger charge is -2.15. The zero-order valence-corrected chi connectivity index (χ0v) is 13.3. The van der Waals surface area contributed by atoms with Gasteiger partial charge in [-0.1, -0.05) is 42.5 Å². The highest BCUT2D eigenvalue weighted by Crippen LogP contribution is 2.20. The minimum atomic E-state index is -3.51. The van der Waals surface area contributed by atoms with Gasteiger partial charge in [0.05, 0.1) is 5.75 Å². The molecule has 2 aromatic rings. The van der Waals surface area contributed by atoms with Gasteiger partial charge in [-0.2, -0.15) is 8.78 Å². The van der Waals surface area contributed by atoms with Crippen LogP contribution in [-0.4, -0.2) is 15.0 Å². The molecule has 0 amide bonds. The largest absolute Gasteiger partial charge is 0.435 e. The summed E-state index contributed by atoms with van der Waals surface area (Å²) in [6, 6.07) is 14.2. The normalized spacial score (nSPS) is 13.0. The van der Waals surface area contributed by atoms with Crippen LogP contribution in [0, 0.1) is 0 Å². The van der Waals surface area contributed by atoms with Crippen LogP contribution in [0.1, 0.15) is 24.1 Å². The molecular formula is C16H17F2NO3S. The first kappa shape index (κ1) is 17.4. The summed E-state index contributed by atoms with van der Waals surface area (Å²) in [5.74, 6) is -0.0896. The fourth-order valence-corrected chi connectivity index (χ4v) is 3.50. The predicted molar refractivity (Wildman–Crippen MR) is 83.7 cm³/mol. The van der Waals surface area contributed by atoms with Crippen LogP contribution in [-0.2, 0) is 15.8 Å². The van der Waals surface area contributed by atoms with Crippen molar-refractivity contribution >= 4 is 10.0 Å². The second-order valence-electron chi connectivity index (χ2n) is 5.03. The quantitative estimate of drug-likeness (QED) is 0.839. The van der Waals surface area contributed by atoms with E-state index in [-0.39, 0.29) is 11.5 Å². The summed E-state index contributed by atoms with van der Waals surface area (Å²) >= 11 is 0. The van der Waals surface area contributed by atoms with Crippen molar-refractivity contribution in [1.29, 1.82) is 0 Å². The predicted octanol–water partition coefficient (Wildman–Crippen LogP) is 3.47. The van der Waals surface area contributed by atoms with Crippen molar-refractivity contribution in [2.45, 2.75) is 25.3 Å². The van der Waals surface area contributed by atoms with E-state index < -0.39 is 22.7 Å². The molecular weight excluding hydrogens is 324 g/mol. The number of alkyl halides is 2. The van der Waals surface area contributed by atoms with E-state index in [0.29, 0.717) is 11.1 Å². The number of sulfonamides is 1. The zero-order valence-electron chi connectivity index (χ0n) is 12.4. The summed E-state index contributed by atoms with van der Waals surface area (Å²) < 4.78 is 55.3. The molecule has 0 fully saturated rings. The van der Waals surface area contributed by atoms with Crippen LogP contribution in [0.3, 0.4) is 0 Å². The van der Waals surface area contributed by atoms with Crippen molar-refractivity contribution in [3.05, 3.63) is 65.7 Å². The monoisotopic (exact) mass is 341 g/mol. The van der Waals surface area contributed by atoms with Gasteiger partial charge < -0.3 is 4.74 Å². The third-order valence-electron chi connectivity index (χ3n) is 3.16. The van der Waals surface area contributed by atoms with Gasteiger partial charge in [0.25, 0.3) is 0 Å². The SMILES string of the molecule is CC(NS(=O)(=O)Cc1ccccc1)c1ccc(OC(F)F)cc1. The van der Waals surface area contributed by atoms with Gasteiger partial charge in [-0.15, -0.1) is 0 Å². The minimum absolute atomic E-state index is 0.0306. The molecule has 1 atom stereocenters. The van der Waals surface area contributed by atoms with E-state index in [1.807, 2.05) is 6.07 Å². The first-order valence-electron chi connectivity index (χ1n) is 6.94. The molecule has 0 aromatic heterocycles. The maximum atomic E-state index is 12.2. The average Bonchev–Trinajstić information content (AvgIpc) is 2.47. The van der Waals surface area contributed by atoms with Crippen LogP contribution in [0.2, 0.25) is 0 Å². The second kappa shape index (κ2) is 7.52. The van der Waals surface area contributed by atoms with E-state index in [9.17, 15) is 17.2 Å². The van der Waals surface area contributed by atoms with Gasteiger partial charge in [0.2, 0.25) is 10.0 Å². The van der Waals surface area contributed by atoms with Crippen LogP contribution in [0.4, 0.5) is 8.78 Å². The highest BCUT2D eigenvalue weighted by atomic mass is 32.2. The third kappa shape index (κ3) is 5.61. The molecule has 0 saturated heterocycles. The van der Waals surface area contributed by atoms with E-state index in [1.165, 1.54) is 12.1 Å². The minimum Gasteiger partial charge on any atom is -0.435 e. The molecule has 7 heteroatoms. The number of nitrogens with one attached hydrogen (secondary N) is 1. The molecule has 0 radical (unpaired) electrons. The molecule has 2 rings (SSSR count). The molecule has 0 aliphatic rings. The third-order valence-corrected chi connectivity index (χ3v) is 4.59. The van der Waals surface area contributed by atoms with Gasteiger partial charge in [-0.05, 0) is 30.2 Å². The highest BCUT2D eigenvalue weighted by molar-refractivity contribution is 7.88. The maximum Gasteiger partial charge on any atom is 0.387 e. The molecule has 0 aliphatic carbocycles. The van der Waals surface area contributed by atoms with Gasteiger partial charge >= 0.3 is 6.61 Å². The van der Waals surface area contributed by atoms with E-state index in [1.54, 1.807) is 43.3 Å². The lowest BCUT2D eigenvalue weighted by Crippen LogP contribution is -2.28. The van der Waals surface area contributed by atoms with Crippen LogP contribution in [0.15, 0.2) is 54.6 Å². The van der Waals surface area contributed by atoms with Crippen LogP contribution in [0.25, 0.3) is 0 Å². The Morgan fingerprint density at radius 2 is 1.65 bits per heavy atom. The number of ether oxygens (including phenoxy) is 1. The molecule has 0 heterocycles. The Kier molecular flexibility index (Phi) is 5.68. The number of benzene rings is 2. The van der Waals surface area contributed by atoms with Crippen molar-refractivity contribution < 1.29 is 21.9 Å². The Labute approximate surface area is 134 Å². The lowest BCUT2D eigenvalue weighted by molar-refractivity contribution is -0.0498. The van der Waals surface area contributed by atoms with E-state index >= 15 is 0 Å². The van der Waals surface area contributed by atoms with Crippen LogP contribution in [0.5, 0.6) is 5.75 Å².